The van der Waals surface area contributed by atoms with E-state index in [1.807, 2.05) is 55.5 Å². The third-order valence-corrected chi connectivity index (χ3v) is 4.84. The van der Waals surface area contributed by atoms with Crippen molar-refractivity contribution < 1.29 is 14.3 Å². The Kier molecular flexibility index (Phi) is 7.03. The fourth-order valence-electron chi connectivity index (χ4n) is 2.70. The predicted molar refractivity (Wildman–Crippen MR) is 117 cm³/mol. The van der Waals surface area contributed by atoms with Gasteiger partial charge in [0.05, 0.1) is 11.3 Å². The van der Waals surface area contributed by atoms with Gasteiger partial charge in [-0.2, -0.15) is 0 Å². The Bertz CT molecular complexity index is 1010. The zero-order valence-electron chi connectivity index (χ0n) is 15.9. The molecule has 0 aliphatic carbocycles. The van der Waals surface area contributed by atoms with Crippen molar-refractivity contribution in [1.82, 2.24) is 5.32 Å². The maximum absolute atomic E-state index is 12.6. The molecule has 0 aliphatic rings. The molecule has 5 nitrogen and oxygen atoms in total. The molecule has 2 amide bonds. The van der Waals surface area contributed by atoms with Crippen molar-refractivity contribution >= 4 is 33.4 Å². The Hall–Kier alpha value is -3.12. The van der Waals surface area contributed by atoms with Gasteiger partial charge in [0.1, 0.15) is 5.75 Å². The summed E-state index contributed by atoms with van der Waals surface area (Å²) in [5.41, 5.74) is 3.13. The largest absolute Gasteiger partial charge is 0.483 e. The molecule has 0 aromatic heterocycles. The SMILES string of the molecule is Cc1ccc(NC(=O)COc2ccccc2C(=O)NCc2ccccc2)c(Br)c1. The lowest BCUT2D eigenvalue weighted by Crippen LogP contribution is -2.25. The van der Waals surface area contributed by atoms with Crippen molar-refractivity contribution in [3.63, 3.8) is 0 Å². The Morgan fingerprint density at radius 2 is 1.69 bits per heavy atom. The van der Waals surface area contributed by atoms with Crippen molar-refractivity contribution in [2.24, 2.45) is 0 Å². The number of amides is 2. The van der Waals surface area contributed by atoms with Crippen molar-refractivity contribution in [3.05, 3.63) is 94.0 Å². The summed E-state index contributed by atoms with van der Waals surface area (Å²) in [7, 11) is 0. The van der Waals surface area contributed by atoms with E-state index in [1.165, 1.54) is 0 Å². The molecule has 3 aromatic rings. The topological polar surface area (TPSA) is 67.4 Å². The summed E-state index contributed by atoms with van der Waals surface area (Å²) in [6.07, 6.45) is 0. The monoisotopic (exact) mass is 452 g/mol. The quantitative estimate of drug-likeness (QED) is 0.545. The van der Waals surface area contributed by atoms with Gasteiger partial charge in [0, 0.05) is 11.0 Å². The molecule has 0 saturated carbocycles. The van der Waals surface area contributed by atoms with Crippen LogP contribution in [0, 0.1) is 6.92 Å². The standard InChI is InChI=1S/C23H21BrN2O3/c1-16-11-12-20(19(24)13-16)26-22(27)15-29-21-10-6-5-9-18(21)23(28)25-14-17-7-3-2-4-8-17/h2-13H,14-15H2,1H3,(H,25,28)(H,26,27). The molecule has 0 atom stereocenters. The number of hydrogen-bond donors (Lipinski definition) is 2. The first kappa shape index (κ1) is 20.6. The van der Waals surface area contributed by atoms with Crippen LogP contribution in [-0.4, -0.2) is 18.4 Å². The third-order valence-electron chi connectivity index (χ3n) is 4.19. The number of carbonyl (C=O) groups is 2. The molecule has 0 aliphatic heterocycles. The molecule has 3 aromatic carbocycles. The molecule has 29 heavy (non-hydrogen) atoms. The van der Waals surface area contributed by atoms with Crippen molar-refractivity contribution in [2.45, 2.75) is 13.5 Å². The molecule has 148 valence electrons. The van der Waals surface area contributed by atoms with E-state index in [-0.39, 0.29) is 18.4 Å². The van der Waals surface area contributed by atoms with Crippen molar-refractivity contribution in [2.75, 3.05) is 11.9 Å². The zero-order valence-corrected chi connectivity index (χ0v) is 17.5. The number of hydrogen-bond acceptors (Lipinski definition) is 3. The van der Waals surface area contributed by atoms with Crippen molar-refractivity contribution in [1.29, 1.82) is 0 Å². The second-order valence-corrected chi connectivity index (χ2v) is 7.34. The van der Waals surface area contributed by atoms with E-state index in [9.17, 15) is 9.59 Å². The van der Waals surface area contributed by atoms with Crippen LogP contribution in [-0.2, 0) is 11.3 Å². The molecule has 6 heteroatoms. The first-order valence-corrected chi connectivity index (χ1v) is 9.92. The van der Waals surface area contributed by atoms with Crippen LogP contribution in [0.25, 0.3) is 0 Å². The maximum Gasteiger partial charge on any atom is 0.262 e. The number of para-hydroxylation sites is 1. The van der Waals surface area contributed by atoms with Gasteiger partial charge in [0.2, 0.25) is 0 Å². The highest BCUT2D eigenvalue weighted by atomic mass is 79.9. The van der Waals surface area contributed by atoms with Crippen LogP contribution in [0.15, 0.2) is 77.3 Å². The van der Waals surface area contributed by atoms with Crippen LogP contribution in [0.1, 0.15) is 21.5 Å². The van der Waals surface area contributed by atoms with Gasteiger partial charge >= 0.3 is 0 Å². The fourth-order valence-corrected chi connectivity index (χ4v) is 3.30. The van der Waals surface area contributed by atoms with Gasteiger partial charge in [0.15, 0.2) is 6.61 Å². The number of nitrogens with one attached hydrogen (secondary N) is 2. The van der Waals surface area contributed by atoms with Crippen LogP contribution in [0.2, 0.25) is 0 Å². The second-order valence-electron chi connectivity index (χ2n) is 6.48. The van der Waals surface area contributed by atoms with Crippen LogP contribution < -0.4 is 15.4 Å². The van der Waals surface area contributed by atoms with Gasteiger partial charge < -0.3 is 15.4 Å². The van der Waals surface area contributed by atoms with Gasteiger partial charge in [-0.05, 0) is 58.2 Å². The number of benzene rings is 3. The lowest BCUT2D eigenvalue weighted by molar-refractivity contribution is -0.118. The van der Waals surface area contributed by atoms with Crippen LogP contribution in [0.4, 0.5) is 5.69 Å². The van der Waals surface area contributed by atoms with Gasteiger partial charge in [0.25, 0.3) is 11.8 Å². The zero-order chi connectivity index (χ0) is 20.6. The Morgan fingerprint density at radius 1 is 0.966 bits per heavy atom. The summed E-state index contributed by atoms with van der Waals surface area (Å²) in [5, 5.41) is 5.66. The lowest BCUT2D eigenvalue weighted by atomic mass is 10.1. The molecule has 0 radical (unpaired) electrons. The molecule has 2 N–H and O–H groups in total. The summed E-state index contributed by atoms with van der Waals surface area (Å²) in [6, 6.07) is 22.2. The van der Waals surface area contributed by atoms with Crippen LogP contribution >= 0.6 is 15.9 Å². The molecule has 0 heterocycles. The van der Waals surface area contributed by atoms with Crippen molar-refractivity contribution in [3.8, 4) is 5.75 Å². The number of rotatable bonds is 7. The van der Waals surface area contributed by atoms with Gasteiger partial charge in [-0.3, -0.25) is 9.59 Å². The Morgan fingerprint density at radius 3 is 2.45 bits per heavy atom. The molecule has 0 unspecified atom stereocenters. The third kappa shape index (κ3) is 5.93. The highest BCUT2D eigenvalue weighted by Crippen LogP contribution is 2.23. The highest BCUT2D eigenvalue weighted by Gasteiger charge is 2.14. The number of anilines is 1. The summed E-state index contributed by atoms with van der Waals surface area (Å²) in [5.74, 6) is -0.212. The molecule has 0 fully saturated rings. The van der Waals surface area contributed by atoms with Crippen LogP contribution in [0.5, 0.6) is 5.75 Å². The van der Waals surface area contributed by atoms with E-state index in [1.54, 1.807) is 24.3 Å². The molecule has 0 bridgehead atoms. The minimum atomic E-state index is -0.311. The van der Waals surface area contributed by atoms with E-state index in [0.29, 0.717) is 23.5 Å². The summed E-state index contributed by atoms with van der Waals surface area (Å²) < 4.78 is 6.42. The van der Waals surface area contributed by atoms with E-state index >= 15 is 0 Å². The molecule has 0 spiro atoms. The summed E-state index contributed by atoms with van der Waals surface area (Å²) in [6.45, 7) is 2.18. The Labute approximate surface area is 178 Å². The predicted octanol–water partition coefficient (Wildman–Crippen LogP) is 4.71. The van der Waals surface area contributed by atoms with E-state index in [0.717, 1.165) is 15.6 Å². The average molecular weight is 453 g/mol. The minimum Gasteiger partial charge on any atom is -0.483 e. The number of halogens is 1. The maximum atomic E-state index is 12.6. The fraction of sp³-hybridized carbons (Fsp3) is 0.130. The molecule has 0 saturated heterocycles. The first-order chi connectivity index (χ1) is 14.0. The van der Waals surface area contributed by atoms with E-state index in [2.05, 4.69) is 26.6 Å². The summed E-state index contributed by atoms with van der Waals surface area (Å²) >= 11 is 3.43. The smallest absolute Gasteiger partial charge is 0.262 e. The number of carbonyl (C=O) groups excluding carboxylic acids is 2. The minimum absolute atomic E-state index is 0.205. The second kappa shape index (κ2) is 9.89. The van der Waals surface area contributed by atoms with E-state index < -0.39 is 0 Å². The average Bonchev–Trinajstić information content (AvgIpc) is 2.73. The van der Waals surface area contributed by atoms with Gasteiger partial charge in [-0.15, -0.1) is 0 Å². The lowest BCUT2D eigenvalue weighted by Gasteiger charge is -2.12. The highest BCUT2D eigenvalue weighted by molar-refractivity contribution is 9.10. The summed E-state index contributed by atoms with van der Waals surface area (Å²) in [4.78, 5) is 24.8. The van der Waals surface area contributed by atoms with Gasteiger partial charge in [-0.25, -0.2) is 0 Å². The van der Waals surface area contributed by atoms with Crippen LogP contribution in [0.3, 0.4) is 0 Å². The Balaban J connectivity index is 1.59. The van der Waals surface area contributed by atoms with Gasteiger partial charge in [-0.1, -0.05) is 48.5 Å². The molecular weight excluding hydrogens is 432 g/mol. The number of aryl methyl sites for hydroxylation is 1. The molecule has 3 rings (SSSR count). The first-order valence-electron chi connectivity index (χ1n) is 9.13. The molecular formula is C23H21BrN2O3. The normalized spacial score (nSPS) is 10.3. The number of ether oxygens (including phenoxy) is 1. The van der Waals surface area contributed by atoms with E-state index in [4.69, 9.17) is 4.74 Å².